The number of allylic oxidation sites excluding steroid dienone is 2. The van der Waals surface area contributed by atoms with Gasteiger partial charge in [-0.1, -0.05) is 18.1 Å². The summed E-state index contributed by atoms with van der Waals surface area (Å²) >= 11 is 0. The van der Waals surface area contributed by atoms with Crippen molar-refractivity contribution in [3.8, 4) is 12.3 Å². The zero-order valence-electron chi connectivity index (χ0n) is 4.22. The maximum Gasteiger partial charge on any atom is 0.0382 e. The fourth-order valence-corrected chi connectivity index (χ4v) is 0.771. The number of rotatable bonds is 0. The van der Waals surface area contributed by atoms with Crippen molar-refractivity contribution in [3.63, 3.8) is 0 Å². The Hall–Kier alpha value is -0.700. The monoisotopic (exact) mass is 92.1 g/mol. The minimum absolute atomic E-state index is 0.444. The number of hydrogen-bond donors (Lipinski definition) is 0. The van der Waals surface area contributed by atoms with E-state index in [0.717, 1.165) is 6.42 Å². The van der Waals surface area contributed by atoms with Crippen molar-refractivity contribution < 1.29 is 0 Å². The summed E-state index contributed by atoms with van der Waals surface area (Å²) < 4.78 is 0. The Morgan fingerprint density at radius 1 is 1.71 bits per heavy atom. The summed E-state index contributed by atoms with van der Waals surface area (Å²) in [4.78, 5) is 0. The Morgan fingerprint density at radius 3 is 2.86 bits per heavy atom. The van der Waals surface area contributed by atoms with E-state index in [0.29, 0.717) is 5.92 Å². The van der Waals surface area contributed by atoms with Crippen LogP contribution in [0, 0.1) is 18.3 Å². The summed E-state index contributed by atoms with van der Waals surface area (Å²) in [6.07, 6.45) is 11.7. The maximum absolute atomic E-state index is 5.13. The minimum atomic E-state index is 0.444. The van der Waals surface area contributed by atoms with Gasteiger partial charge in [0.1, 0.15) is 0 Å². The third-order valence-corrected chi connectivity index (χ3v) is 1.23. The van der Waals surface area contributed by atoms with Crippen LogP contribution in [0.5, 0.6) is 0 Å². The van der Waals surface area contributed by atoms with Crippen LogP contribution in [0.1, 0.15) is 12.8 Å². The van der Waals surface area contributed by atoms with Crippen LogP contribution in [0.3, 0.4) is 0 Å². The molecule has 7 heavy (non-hydrogen) atoms. The maximum atomic E-state index is 5.13. The molecule has 1 aliphatic carbocycles. The average molecular weight is 92.1 g/mol. The minimum Gasteiger partial charge on any atom is -0.119 e. The Kier molecular flexibility index (Phi) is 1.17. The van der Waals surface area contributed by atoms with Crippen molar-refractivity contribution in [1.29, 1.82) is 0 Å². The third kappa shape index (κ3) is 0.838. The van der Waals surface area contributed by atoms with Gasteiger partial charge < -0.3 is 0 Å². The summed E-state index contributed by atoms with van der Waals surface area (Å²) in [6.45, 7) is 0. The van der Waals surface area contributed by atoms with Crippen LogP contribution in [-0.4, -0.2) is 0 Å². The van der Waals surface area contributed by atoms with Crippen LogP contribution < -0.4 is 0 Å². The highest BCUT2D eigenvalue weighted by atomic mass is 14.1. The summed E-state index contributed by atoms with van der Waals surface area (Å²) in [7, 11) is 0. The predicted octanol–water partition coefficient (Wildman–Crippen LogP) is 1.59. The fraction of sp³-hybridized carbons (Fsp3) is 0.429. The van der Waals surface area contributed by atoms with Crippen LogP contribution in [0.4, 0.5) is 0 Å². The molecule has 0 N–H and O–H groups in total. The Balaban J connectivity index is 2.47. The lowest BCUT2D eigenvalue weighted by Crippen LogP contribution is -1.81. The third-order valence-electron chi connectivity index (χ3n) is 1.23. The van der Waals surface area contributed by atoms with Gasteiger partial charge in [0.15, 0.2) is 0 Å². The van der Waals surface area contributed by atoms with Gasteiger partial charge in [-0.05, 0) is 12.8 Å². The van der Waals surface area contributed by atoms with Gasteiger partial charge in [0, 0.05) is 5.92 Å². The van der Waals surface area contributed by atoms with Crippen LogP contribution in [0.15, 0.2) is 12.2 Å². The molecule has 0 nitrogen and oxygen atoms in total. The highest BCUT2D eigenvalue weighted by Gasteiger charge is 2.02. The second kappa shape index (κ2) is 1.84. The molecule has 0 heteroatoms. The molecule has 0 aliphatic heterocycles. The summed E-state index contributed by atoms with van der Waals surface area (Å²) in [5, 5.41) is 0. The highest BCUT2D eigenvalue weighted by molar-refractivity contribution is 5.09. The second-order valence-corrected chi connectivity index (χ2v) is 1.78. The zero-order chi connectivity index (χ0) is 5.11. The van der Waals surface area contributed by atoms with Crippen molar-refractivity contribution in [1.82, 2.24) is 0 Å². The first-order valence-corrected chi connectivity index (χ1v) is 2.56. The lowest BCUT2D eigenvalue weighted by molar-refractivity contribution is 0.797. The standard InChI is InChI=1S/C7H8/c1-2-7-5-3-4-6-7/h1,3,5,7H,4,6H2. The molecular formula is C7H8. The molecule has 0 saturated carbocycles. The van der Waals surface area contributed by atoms with Gasteiger partial charge in [0.2, 0.25) is 0 Å². The van der Waals surface area contributed by atoms with Gasteiger partial charge in [0.05, 0.1) is 0 Å². The van der Waals surface area contributed by atoms with Gasteiger partial charge in [-0.2, -0.15) is 0 Å². The molecule has 0 aromatic rings. The van der Waals surface area contributed by atoms with Crippen molar-refractivity contribution in [3.05, 3.63) is 12.2 Å². The normalized spacial score (nSPS) is 27.6. The molecule has 1 unspecified atom stereocenters. The van der Waals surface area contributed by atoms with Gasteiger partial charge >= 0.3 is 0 Å². The molecule has 0 aromatic carbocycles. The van der Waals surface area contributed by atoms with E-state index in [-0.39, 0.29) is 0 Å². The van der Waals surface area contributed by atoms with Crippen molar-refractivity contribution in [2.24, 2.45) is 5.92 Å². The van der Waals surface area contributed by atoms with E-state index in [1.807, 2.05) is 0 Å². The van der Waals surface area contributed by atoms with Crippen molar-refractivity contribution in [2.45, 2.75) is 12.8 Å². The molecule has 0 radical (unpaired) electrons. The molecule has 0 saturated heterocycles. The molecular weight excluding hydrogens is 84.1 g/mol. The van der Waals surface area contributed by atoms with E-state index in [1.54, 1.807) is 0 Å². The number of terminal acetylenes is 1. The van der Waals surface area contributed by atoms with Crippen molar-refractivity contribution >= 4 is 0 Å². The van der Waals surface area contributed by atoms with Gasteiger partial charge in [-0.15, -0.1) is 6.42 Å². The first kappa shape index (κ1) is 4.46. The Morgan fingerprint density at radius 2 is 2.57 bits per heavy atom. The molecule has 1 atom stereocenters. The summed E-state index contributed by atoms with van der Waals surface area (Å²) in [5.74, 6) is 3.12. The average Bonchev–Trinajstić information content (AvgIpc) is 2.14. The molecule has 36 valence electrons. The predicted molar refractivity (Wildman–Crippen MR) is 30.7 cm³/mol. The first-order valence-electron chi connectivity index (χ1n) is 2.56. The summed E-state index contributed by atoms with van der Waals surface area (Å²) in [5.41, 5.74) is 0. The van der Waals surface area contributed by atoms with E-state index in [9.17, 15) is 0 Å². The first-order chi connectivity index (χ1) is 3.43. The van der Waals surface area contributed by atoms with Crippen LogP contribution >= 0.6 is 0 Å². The molecule has 0 bridgehead atoms. The SMILES string of the molecule is C#CC1C=CCC1. The molecule has 1 rings (SSSR count). The molecule has 0 fully saturated rings. The molecule has 0 spiro atoms. The zero-order valence-corrected chi connectivity index (χ0v) is 4.22. The van der Waals surface area contributed by atoms with Crippen LogP contribution in [0.25, 0.3) is 0 Å². The van der Waals surface area contributed by atoms with E-state index < -0.39 is 0 Å². The smallest absolute Gasteiger partial charge is 0.0382 e. The lowest BCUT2D eigenvalue weighted by atomic mass is 10.1. The second-order valence-electron chi connectivity index (χ2n) is 1.78. The fourth-order valence-electron chi connectivity index (χ4n) is 0.771. The van der Waals surface area contributed by atoms with Gasteiger partial charge in [0.25, 0.3) is 0 Å². The topological polar surface area (TPSA) is 0 Å². The Bertz CT molecular complexity index is 114. The molecule has 1 aliphatic rings. The molecule has 0 heterocycles. The van der Waals surface area contributed by atoms with E-state index in [1.165, 1.54) is 6.42 Å². The van der Waals surface area contributed by atoms with Gasteiger partial charge in [-0.25, -0.2) is 0 Å². The summed E-state index contributed by atoms with van der Waals surface area (Å²) in [6, 6.07) is 0. The van der Waals surface area contributed by atoms with Crippen LogP contribution in [-0.2, 0) is 0 Å². The lowest BCUT2D eigenvalue weighted by Gasteiger charge is -1.89. The van der Waals surface area contributed by atoms with Crippen molar-refractivity contribution in [2.75, 3.05) is 0 Å². The van der Waals surface area contributed by atoms with Gasteiger partial charge in [-0.3, -0.25) is 0 Å². The number of hydrogen-bond acceptors (Lipinski definition) is 0. The van der Waals surface area contributed by atoms with E-state index >= 15 is 0 Å². The highest BCUT2D eigenvalue weighted by Crippen LogP contribution is 2.14. The quantitative estimate of drug-likeness (QED) is 0.314. The molecule has 0 amide bonds. The largest absolute Gasteiger partial charge is 0.119 e. The molecule has 0 aromatic heterocycles. The Labute approximate surface area is 44.2 Å². The van der Waals surface area contributed by atoms with Crippen LogP contribution in [0.2, 0.25) is 0 Å². The van der Waals surface area contributed by atoms with E-state index in [4.69, 9.17) is 6.42 Å². The van der Waals surface area contributed by atoms with E-state index in [2.05, 4.69) is 18.1 Å².